The molecular formula is C13H15N3O4. The Morgan fingerprint density at radius 1 is 1.55 bits per heavy atom. The van der Waals surface area contributed by atoms with Crippen molar-refractivity contribution in [2.75, 3.05) is 11.4 Å². The molecule has 7 heteroatoms. The Bertz CT molecular complexity index is 563. The molecule has 1 rings (SSSR count). The Balaban J connectivity index is 3.30. The number of carboxylic acids is 1. The molecule has 7 nitrogen and oxygen atoms in total. The van der Waals surface area contributed by atoms with Gasteiger partial charge in [0, 0.05) is 18.7 Å². The van der Waals surface area contributed by atoms with Crippen molar-refractivity contribution in [3.63, 3.8) is 0 Å². The second-order valence-electron chi connectivity index (χ2n) is 4.46. The molecule has 106 valence electrons. The third kappa shape index (κ3) is 3.45. The summed E-state index contributed by atoms with van der Waals surface area (Å²) in [6, 6.07) is 5.73. The van der Waals surface area contributed by atoms with Gasteiger partial charge in [-0.05, 0) is 26.0 Å². The molecule has 0 spiro atoms. The van der Waals surface area contributed by atoms with Crippen molar-refractivity contribution in [3.05, 3.63) is 33.9 Å². The van der Waals surface area contributed by atoms with Gasteiger partial charge in [-0.25, -0.2) is 4.79 Å². The van der Waals surface area contributed by atoms with Gasteiger partial charge in [0.25, 0.3) is 5.69 Å². The number of hydrogen-bond donors (Lipinski definition) is 1. The van der Waals surface area contributed by atoms with Gasteiger partial charge in [-0.3, -0.25) is 10.1 Å². The quantitative estimate of drug-likeness (QED) is 0.632. The molecule has 20 heavy (non-hydrogen) atoms. The molecule has 0 fully saturated rings. The van der Waals surface area contributed by atoms with Crippen molar-refractivity contribution < 1.29 is 14.8 Å². The molecule has 0 aliphatic heterocycles. The highest BCUT2D eigenvalue weighted by molar-refractivity contribution is 5.89. The Morgan fingerprint density at radius 3 is 2.65 bits per heavy atom. The lowest BCUT2D eigenvalue weighted by Crippen LogP contribution is -2.32. The summed E-state index contributed by atoms with van der Waals surface area (Å²) in [5.41, 5.74) is -0.0776. The number of nitro benzene ring substituents is 1. The first kappa shape index (κ1) is 15.4. The number of nitriles is 1. The predicted octanol–water partition coefficient (Wildman–Crippen LogP) is 2.42. The molecule has 0 amide bonds. The highest BCUT2D eigenvalue weighted by Crippen LogP contribution is 2.30. The van der Waals surface area contributed by atoms with E-state index in [2.05, 4.69) is 0 Å². The Hall–Kier alpha value is -2.62. The van der Waals surface area contributed by atoms with Gasteiger partial charge in [-0.1, -0.05) is 0 Å². The van der Waals surface area contributed by atoms with Crippen LogP contribution in [0.1, 0.15) is 30.6 Å². The number of aromatic carboxylic acids is 1. The highest BCUT2D eigenvalue weighted by atomic mass is 16.6. The zero-order valence-corrected chi connectivity index (χ0v) is 11.2. The van der Waals surface area contributed by atoms with Crippen LogP contribution in [0.15, 0.2) is 18.2 Å². The average molecular weight is 277 g/mol. The standard InChI is InChI=1S/C13H15N3O4/c1-9(2)15(7-3-6-14)11-5-4-10(13(17)18)8-12(11)16(19)20/h4-5,8-9H,3,7H2,1-2H3,(H,17,18). The first-order chi connectivity index (χ1) is 9.38. The molecule has 0 saturated carbocycles. The molecule has 1 N–H and O–H groups in total. The molecule has 0 unspecified atom stereocenters. The lowest BCUT2D eigenvalue weighted by molar-refractivity contribution is -0.384. The molecule has 0 saturated heterocycles. The summed E-state index contributed by atoms with van der Waals surface area (Å²) in [6.07, 6.45) is 0.232. The van der Waals surface area contributed by atoms with E-state index in [1.165, 1.54) is 12.1 Å². The zero-order valence-electron chi connectivity index (χ0n) is 11.2. The number of nitrogens with zero attached hydrogens (tertiary/aromatic N) is 3. The third-order valence-corrected chi connectivity index (χ3v) is 2.82. The monoisotopic (exact) mass is 277 g/mol. The van der Waals surface area contributed by atoms with Crippen LogP contribution in [-0.4, -0.2) is 28.6 Å². The Labute approximate surface area is 116 Å². The normalized spacial score (nSPS) is 10.1. The van der Waals surface area contributed by atoms with E-state index < -0.39 is 10.9 Å². The van der Waals surface area contributed by atoms with Crippen molar-refractivity contribution in [2.24, 2.45) is 0 Å². The van der Waals surface area contributed by atoms with Crippen LogP contribution in [0.5, 0.6) is 0 Å². The zero-order chi connectivity index (χ0) is 15.3. The summed E-state index contributed by atoms with van der Waals surface area (Å²) in [7, 11) is 0. The van der Waals surface area contributed by atoms with Gasteiger partial charge in [-0.15, -0.1) is 0 Å². The van der Waals surface area contributed by atoms with Crippen LogP contribution >= 0.6 is 0 Å². The lowest BCUT2D eigenvalue weighted by Gasteiger charge is -2.27. The molecule has 0 aromatic heterocycles. The summed E-state index contributed by atoms with van der Waals surface area (Å²) in [4.78, 5) is 23.1. The largest absolute Gasteiger partial charge is 0.478 e. The van der Waals surface area contributed by atoms with Gasteiger partial charge in [0.05, 0.1) is 23.0 Å². The molecule has 0 aliphatic rings. The van der Waals surface area contributed by atoms with Crippen molar-refractivity contribution in [2.45, 2.75) is 26.3 Å². The summed E-state index contributed by atoms with van der Waals surface area (Å²) >= 11 is 0. The van der Waals surface area contributed by atoms with E-state index in [-0.39, 0.29) is 23.7 Å². The molecule has 0 radical (unpaired) electrons. The number of nitro groups is 1. The number of carbonyl (C=O) groups is 1. The fraction of sp³-hybridized carbons (Fsp3) is 0.385. The first-order valence-electron chi connectivity index (χ1n) is 6.03. The minimum atomic E-state index is -1.22. The topological polar surface area (TPSA) is 107 Å². The summed E-state index contributed by atoms with van der Waals surface area (Å²) in [5.74, 6) is -1.22. The maximum absolute atomic E-state index is 11.1. The molecule has 0 heterocycles. The number of hydrogen-bond acceptors (Lipinski definition) is 5. The maximum Gasteiger partial charge on any atom is 0.335 e. The van der Waals surface area contributed by atoms with E-state index in [0.717, 1.165) is 6.07 Å². The molecule has 0 bridgehead atoms. The number of carboxylic acid groups (broad SMARTS) is 1. The fourth-order valence-corrected chi connectivity index (χ4v) is 1.87. The fourth-order valence-electron chi connectivity index (χ4n) is 1.87. The summed E-state index contributed by atoms with van der Waals surface area (Å²) in [5, 5.41) is 28.7. The van der Waals surface area contributed by atoms with Crippen LogP contribution in [-0.2, 0) is 0 Å². The Kier molecular flexibility index (Phi) is 5.03. The van der Waals surface area contributed by atoms with E-state index in [1.54, 1.807) is 4.90 Å². The van der Waals surface area contributed by atoms with E-state index in [4.69, 9.17) is 10.4 Å². The summed E-state index contributed by atoms with van der Waals surface area (Å²) in [6.45, 7) is 4.06. The van der Waals surface area contributed by atoms with E-state index in [9.17, 15) is 14.9 Å². The third-order valence-electron chi connectivity index (χ3n) is 2.82. The minimum absolute atomic E-state index is 0.0438. The van der Waals surface area contributed by atoms with Gasteiger partial charge in [0.2, 0.25) is 0 Å². The van der Waals surface area contributed by atoms with Gasteiger partial charge in [0.1, 0.15) is 5.69 Å². The number of benzene rings is 1. The number of anilines is 1. The van der Waals surface area contributed by atoms with Crippen molar-refractivity contribution in [1.82, 2.24) is 0 Å². The van der Waals surface area contributed by atoms with Gasteiger partial charge in [0.15, 0.2) is 0 Å². The molecule has 0 atom stereocenters. The van der Waals surface area contributed by atoms with E-state index in [1.807, 2.05) is 19.9 Å². The van der Waals surface area contributed by atoms with Crippen molar-refractivity contribution in [1.29, 1.82) is 5.26 Å². The maximum atomic E-state index is 11.1. The smallest absolute Gasteiger partial charge is 0.335 e. The Morgan fingerprint density at radius 2 is 2.20 bits per heavy atom. The van der Waals surface area contributed by atoms with Gasteiger partial charge < -0.3 is 10.0 Å². The van der Waals surface area contributed by atoms with Crippen molar-refractivity contribution >= 4 is 17.3 Å². The van der Waals surface area contributed by atoms with Crippen LogP contribution in [0.25, 0.3) is 0 Å². The second-order valence-corrected chi connectivity index (χ2v) is 4.46. The van der Waals surface area contributed by atoms with E-state index in [0.29, 0.717) is 12.2 Å². The average Bonchev–Trinajstić information content (AvgIpc) is 2.38. The molecule has 1 aromatic rings. The van der Waals surface area contributed by atoms with Crippen LogP contribution in [0, 0.1) is 21.4 Å². The molecule has 1 aromatic carbocycles. The second kappa shape index (κ2) is 6.52. The first-order valence-corrected chi connectivity index (χ1v) is 6.03. The molecule has 0 aliphatic carbocycles. The van der Waals surface area contributed by atoms with Crippen LogP contribution < -0.4 is 4.90 Å². The number of rotatable bonds is 6. The van der Waals surface area contributed by atoms with Gasteiger partial charge in [-0.2, -0.15) is 5.26 Å². The van der Waals surface area contributed by atoms with Crippen LogP contribution in [0.2, 0.25) is 0 Å². The van der Waals surface area contributed by atoms with Gasteiger partial charge >= 0.3 is 5.97 Å². The van der Waals surface area contributed by atoms with Crippen LogP contribution in [0.4, 0.5) is 11.4 Å². The lowest BCUT2D eigenvalue weighted by atomic mass is 10.1. The SMILES string of the molecule is CC(C)N(CCC#N)c1ccc(C(=O)O)cc1[N+](=O)[O-]. The highest BCUT2D eigenvalue weighted by Gasteiger charge is 2.23. The predicted molar refractivity (Wildman–Crippen MR) is 72.8 cm³/mol. The summed E-state index contributed by atoms with van der Waals surface area (Å²) < 4.78 is 0. The van der Waals surface area contributed by atoms with E-state index >= 15 is 0 Å². The molecular weight excluding hydrogens is 262 g/mol. The van der Waals surface area contributed by atoms with Crippen LogP contribution in [0.3, 0.4) is 0 Å². The van der Waals surface area contributed by atoms with Crippen molar-refractivity contribution in [3.8, 4) is 6.07 Å². The minimum Gasteiger partial charge on any atom is -0.478 e.